The number of nitrogens with zero attached hydrogens (tertiary/aromatic N) is 5. The Hall–Kier alpha value is -5.04. The Kier molecular flexibility index (Phi) is 6.69. The Morgan fingerprint density at radius 1 is 1.02 bits per heavy atom. The van der Waals surface area contributed by atoms with E-state index >= 15 is 0 Å². The van der Waals surface area contributed by atoms with E-state index in [1.165, 1.54) is 46.6 Å². The lowest BCUT2D eigenvalue weighted by atomic mass is 10.1. The number of rotatable bonds is 7. The smallest absolute Gasteiger partial charge is 0.366 e. The van der Waals surface area contributed by atoms with Crippen LogP contribution in [0.25, 0.3) is 26.7 Å². The van der Waals surface area contributed by atoms with Gasteiger partial charge in [-0.3, -0.25) is 4.79 Å². The number of imidazole rings is 1. The maximum atomic E-state index is 14.5. The third-order valence-corrected chi connectivity index (χ3v) is 8.13. The second-order valence-corrected chi connectivity index (χ2v) is 11.6. The quantitative estimate of drug-likeness (QED) is 0.170. The molecule has 13 heteroatoms. The van der Waals surface area contributed by atoms with Crippen LogP contribution in [0.1, 0.15) is 40.3 Å². The molecule has 2 aromatic carbocycles. The second-order valence-electron chi connectivity index (χ2n) is 10.7. The summed E-state index contributed by atoms with van der Waals surface area (Å²) in [5, 5.41) is 12.2. The lowest BCUT2D eigenvalue weighted by molar-refractivity contribution is -0.136. The van der Waals surface area contributed by atoms with Gasteiger partial charge in [0.05, 0.1) is 33.6 Å². The highest BCUT2D eigenvalue weighted by molar-refractivity contribution is 7.17. The molecule has 1 amide bonds. The second kappa shape index (κ2) is 10.6. The molecule has 1 aliphatic carbocycles. The number of pyridine rings is 1. The molecular weight excluding hydrogens is 589 g/mol. The van der Waals surface area contributed by atoms with Crippen molar-refractivity contribution in [1.82, 2.24) is 24.5 Å². The van der Waals surface area contributed by atoms with Gasteiger partial charge in [-0.2, -0.15) is 13.2 Å². The van der Waals surface area contributed by atoms with Gasteiger partial charge in [0.1, 0.15) is 23.0 Å². The SMILES string of the molecule is Cc1ccc2c(NC(=O)c3nc(NC4CC4)c4sccc4n3)nc(Nc3cccc(-n4cnc(C)c4)c3C(F)(F)F)cc2c1. The number of anilines is 4. The average Bonchev–Trinajstić information content (AvgIpc) is 3.46. The van der Waals surface area contributed by atoms with Gasteiger partial charge in [-0.05, 0) is 61.7 Å². The highest BCUT2D eigenvalue weighted by atomic mass is 32.1. The summed E-state index contributed by atoms with van der Waals surface area (Å²) in [7, 11) is 0. The number of alkyl halides is 3. The molecule has 1 fully saturated rings. The number of carbonyl (C=O) groups excluding carboxylic acids is 1. The molecule has 9 nitrogen and oxygen atoms in total. The van der Waals surface area contributed by atoms with Crippen molar-refractivity contribution in [2.45, 2.75) is 38.9 Å². The minimum Gasteiger partial charge on any atom is -0.366 e. The molecule has 4 heterocycles. The van der Waals surface area contributed by atoms with E-state index in [-0.39, 0.29) is 28.8 Å². The van der Waals surface area contributed by atoms with E-state index < -0.39 is 17.6 Å². The van der Waals surface area contributed by atoms with Crippen LogP contribution in [0.2, 0.25) is 0 Å². The van der Waals surface area contributed by atoms with Crippen LogP contribution in [0.3, 0.4) is 0 Å². The Bertz CT molecular complexity index is 2070. The van der Waals surface area contributed by atoms with Gasteiger partial charge in [-0.1, -0.05) is 29.8 Å². The fourth-order valence-corrected chi connectivity index (χ4v) is 5.82. The number of halogens is 3. The van der Waals surface area contributed by atoms with Crippen LogP contribution in [0.5, 0.6) is 0 Å². The number of hydrogen-bond acceptors (Lipinski definition) is 8. The minimum atomic E-state index is -4.69. The topological polar surface area (TPSA) is 110 Å². The summed E-state index contributed by atoms with van der Waals surface area (Å²) in [5.41, 5.74) is 1.02. The first kappa shape index (κ1) is 27.8. The molecule has 7 rings (SSSR count). The van der Waals surface area contributed by atoms with Crippen LogP contribution in [0, 0.1) is 13.8 Å². The number of fused-ring (bicyclic) bond motifs is 2. The number of aromatic nitrogens is 5. The molecule has 6 aromatic rings. The zero-order valence-electron chi connectivity index (χ0n) is 23.5. The summed E-state index contributed by atoms with van der Waals surface area (Å²) in [6, 6.07) is 13.6. The average molecular weight is 615 g/mol. The number of hydrogen-bond donors (Lipinski definition) is 3. The summed E-state index contributed by atoms with van der Waals surface area (Å²) in [5.74, 6) is 0.261. The van der Waals surface area contributed by atoms with Crippen molar-refractivity contribution in [2.24, 2.45) is 0 Å². The maximum Gasteiger partial charge on any atom is 0.420 e. The lowest BCUT2D eigenvalue weighted by Gasteiger charge is -2.19. The zero-order valence-corrected chi connectivity index (χ0v) is 24.3. The monoisotopic (exact) mass is 614 g/mol. The Balaban J connectivity index is 1.28. The van der Waals surface area contributed by atoms with Crippen molar-refractivity contribution in [3.63, 3.8) is 0 Å². The van der Waals surface area contributed by atoms with Crippen LogP contribution in [-0.2, 0) is 6.18 Å². The fraction of sp³-hybridized carbons (Fsp3) is 0.194. The van der Waals surface area contributed by atoms with Crippen LogP contribution in [-0.4, -0.2) is 36.5 Å². The van der Waals surface area contributed by atoms with Gasteiger partial charge in [0.2, 0.25) is 5.82 Å². The Morgan fingerprint density at radius 3 is 2.61 bits per heavy atom. The standard InChI is InChI=1S/C31H25F3N8OS/c1-16-6-9-20-18(12-16)13-24(37-21-4-3-5-23(25(21)31(32,33)34)42-14-17(2)35-15-42)39-27(20)41-30(43)29-38-22-10-11-44-26(22)28(40-29)36-19-7-8-19/h3-6,9-15,19H,7-8H2,1-2H3,(H,36,38,40)(H2,37,39,41,43). The predicted octanol–water partition coefficient (Wildman–Crippen LogP) is 7.63. The molecule has 44 heavy (non-hydrogen) atoms. The van der Waals surface area contributed by atoms with Gasteiger partial charge in [-0.15, -0.1) is 11.3 Å². The summed E-state index contributed by atoms with van der Waals surface area (Å²) in [6.07, 6.45) is 0.254. The molecule has 222 valence electrons. The first-order chi connectivity index (χ1) is 21.1. The Labute approximate surface area is 253 Å². The van der Waals surface area contributed by atoms with Crippen LogP contribution in [0.15, 0.2) is 66.4 Å². The van der Waals surface area contributed by atoms with Crippen molar-refractivity contribution in [3.05, 3.63) is 89.1 Å². The van der Waals surface area contributed by atoms with Gasteiger partial charge < -0.3 is 20.5 Å². The van der Waals surface area contributed by atoms with Gasteiger partial charge in [0.25, 0.3) is 5.91 Å². The summed E-state index contributed by atoms with van der Waals surface area (Å²) in [6.45, 7) is 3.61. The van der Waals surface area contributed by atoms with Crippen molar-refractivity contribution in [3.8, 4) is 5.69 Å². The Morgan fingerprint density at radius 2 is 1.86 bits per heavy atom. The highest BCUT2D eigenvalue weighted by Crippen LogP contribution is 2.41. The maximum absolute atomic E-state index is 14.5. The van der Waals surface area contributed by atoms with Crippen LogP contribution in [0.4, 0.5) is 36.3 Å². The molecule has 0 aliphatic heterocycles. The molecule has 1 saturated carbocycles. The number of aryl methyl sites for hydroxylation is 2. The largest absolute Gasteiger partial charge is 0.420 e. The number of amides is 1. The fourth-order valence-electron chi connectivity index (χ4n) is 5.03. The van der Waals surface area contributed by atoms with Gasteiger partial charge in [0, 0.05) is 17.6 Å². The molecule has 0 unspecified atom stereocenters. The van der Waals surface area contributed by atoms with E-state index in [1.807, 2.05) is 36.6 Å². The number of carbonyl (C=O) groups is 1. The van der Waals surface area contributed by atoms with E-state index in [0.29, 0.717) is 33.8 Å². The summed E-state index contributed by atoms with van der Waals surface area (Å²) < 4.78 is 45.7. The normalized spacial score (nSPS) is 13.4. The van der Waals surface area contributed by atoms with E-state index in [4.69, 9.17) is 0 Å². The highest BCUT2D eigenvalue weighted by Gasteiger charge is 2.37. The molecule has 1 aliphatic rings. The van der Waals surface area contributed by atoms with E-state index in [1.54, 1.807) is 13.0 Å². The lowest BCUT2D eigenvalue weighted by Crippen LogP contribution is -2.18. The van der Waals surface area contributed by atoms with Gasteiger partial charge in [0.15, 0.2) is 0 Å². The van der Waals surface area contributed by atoms with Crippen molar-refractivity contribution < 1.29 is 18.0 Å². The molecule has 4 aromatic heterocycles. The van der Waals surface area contributed by atoms with Crippen molar-refractivity contribution in [2.75, 3.05) is 16.0 Å². The van der Waals surface area contributed by atoms with Crippen molar-refractivity contribution >= 4 is 61.4 Å². The molecule has 0 saturated heterocycles. The molecule has 0 atom stereocenters. The van der Waals surface area contributed by atoms with Crippen LogP contribution < -0.4 is 16.0 Å². The van der Waals surface area contributed by atoms with E-state index in [9.17, 15) is 18.0 Å². The third kappa shape index (κ3) is 5.41. The number of benzene rings is 2. The molecular formula is C31H25F3N8OS. The molecule has 0 spiro atoms. The third-order valence-electron chi connectivity index (χ3n) is 7.22. The summed E-state index contributed by atoms with van der Waals surface area (Å²) in [4.78, 5) is 31.1. The predicted molar refractivity (Wildman–Crippen MR) is 165 cm³/mol. The van der Waals surface area contributed by atoms with Crippen molar-refractivity contribution in [1.29, 1.82) is 0 Å². The van der Waals surface area contributed by atoms with Gasteiger partial charge in [-0.25, -0.2) is 19.9 Å². The molecule has 0 radical (unpaired) electrons. The first-order valence-corrected chi connectivity index (χ1v) is 14.7. The molecule has 3 N–H and O–H groups in total. The number of thiophene rings is 1. The first-order valence-electron chi connectivity index (χ1n) is 13.8. The van der Waals surface area contributed by atoms with E-state index in [2.05, 4.69) is 35.9 Å². The summed E-state index contributed by atoms with van der Waals surface area (Å²) >= 11 is 1.49. The van der Waals surface area contributed by atoms with Gasteiger partial charge >= 0.3 is 6.18 Å². The number of nitrogens with one attached hydrogen (secondary N) is 3. The minimum absolute atomic E-state index is 0.0397. The molecule has 0 bridgehead atoms. The van der Waals surface area contributed by atoms with E-state index in [0.717, 1.165) is 23.1 Å². The zero-order chi connectivity index (χ0) is 30.6. The van der Waals surface area contributed by atoms with Crippen LogP contribution >= 0.6 is 11.3 Å².